The van der Waals surface area contributed by atoms with E-state index in [9.17, 15) is 9.90 Å². The zero-order chi connectivity index (χ0) is 12.9. The van der Waals surface area contributed by atoms with E-state index < -0.39 is 11.4 Å². The Hall–Kier alpha value is -0.650. The molecule has 5 nitrogen and oxygen atoms in total. The lowest BCUT2D eigenvalue weighted by molar-refractivity contribution is -0.150. The van der Waals surface area contributed by atoms with Crippen molar-refractivity contribution in [1.29, 1.82) is 0 Å². The number of rotatable bonds is 7. The molecule has 0 amide bonds. The van der Waals surface area contributed by atoms with Gasteiger partial charge >= 0.3 is 5.97 Å². The normalized spacial score (nSPS) is 24.8. The van der Waals surface area contributed by atoms with Gasteiger partial charge in [-0.3, -0.25) is 9.69 Å². The molecule has 1 rings (SSSR count). The second-order valence-corrected chi connectivity index (χ2v) is 4.95. The van der Waals surface area contributed by atoms with Crippen LogP contribution in [0.1, 0.15) is 20.3 Å². The molecule has 1 heterocycles. The van der Waals surface area contributed by atoms with Gasteiger partial charge in [-0.15, -0.1) is 0 Å². The van der Waals surface area contributed by atoms with E-state index in [0.717, 1.165) is 6.54 Å². The summed E-state index contributed by atoms with van der Waals surface area (Å²) < 4.78 is 10.3. The quantitative estimate of drug-likeness (QED) is 0.720. The molecule has 0 aliphatic carbocycles. The molecule has 100 valence electrons. The second kappa shape index (κ2) is 6.33. The van der Waals surface area contributed by atoms with E-state index in [-0.39, 0.29) is 0 Å². The average molecular weight is 245 g/mol. The lowest BCUT2D eigenvalue weighted by Crippen LogP contribution is -2.47. The average Bonchev–Trinajstić information content (AvgIpc) is 2.73. The summed E-state index contributed by atoms with van der Waals surface area (Å²) in [5.74, 6) is -0.752. The van der Waals surface area contributed by atoms with Crippen molar-refractivity contribution >= 4 is 5.97 Å². The zero-order valence-corrected chi connectivity index (χ0v) is 10.9. The molecule has 1 fully saturated rings. The predicted octanol–water partition coefficient (Wildman–Crippen LogP) is 0.835. The molecule has 1 aliphatic heterocycles. The molecule has 1 unspecified atom stereocenters. The number of carbonyl (C=O) groups is 1. The molecule has 0 bridgehead atoms. The van der Waals surface area contributed by atoms with Crippen molar-refractivity contribution in [2.75, 3.05) is 40.0 Å². The van der Waals surface area contributed by atoms with E-state index >= 15 is 0 Å². The van der Waals surface area contributed by atoms with Crippen LogP contribution in [0.4, 0.5) is 0 Å². The van der Waals surface area contributed by atoms with Crippen LogP contribution < -0.4 is 0 Å². The van der Waals surface area contributed by atoms with Crippen LogP contribution in [0.5, 0.6) is 0 Å². The van der Waals surface area contributed by atoms with Gasteiger partial charge in [0.2, 0.25) is 0 Å². The van der Waals surface area contributed by atoms with Crippen LogP contribution in [0, 0.1) is 5.41 Å². The Balaban J connectivity index is 2.65. The topological polar surface area (TPSA) is 59.0 Å². The molecule has 0 radical (unpaired) electrons. The SMILES string of the molecule is COCCN(CC1(C(=O)O)CCOC1)C(C)C. The predicted molar refractivity (Wildman–Crippen MR) is 64.1 cm³/mol. The summed E-state index contributed by atoms with van der Waals surface area (Å²) in [5.41, 5.74) is -0.738. The number of hydrogen-bond acceptors (Lipinski definition) is 4. The molecule has 1 atom stereocenters. The van der Waals surface area contributed by atoms with Crippen LogP contribution in [-0.2, 0) is 14.3 Å². The van der Waals surface area contributed by atoms with Gasteiger partial charge in [0.1, 0.15) is 5.41 Å². The molecular formula is C12H23NO4. The number of nitrogens with zero attached hydrogens (tertiary/aromatic N) is 1. The third-order valence-corrected chi connectivity index (χ3v) is 3.38. The van der Waals surface area contributed by atoms with Gasteiger partial charge in [0, 0.05) is 32.8 Å². The van der Waals surface area contributed by atoms with Crippen molar-refractivity contribution in [2.45, 2.75) is 26.3 Å². The fraction of sp³-hybridized carbons (Fsp3) is 0.917. The lowest BCUT2D eigenvalue weighted by Gasteiger charge is -2.33. The highest BCUT2D eigenvalue weighted by atomic mass is 16.5. The van der Waals surface area contributed by atoms with Crippen LogP contribution in [0.3, 0.4) is 0 Å². The number of hydrogen-bond donors (Lipinski definition) is 1. The monoisotopic (exact) mass is 245 g/mol. The first-order chi connectivity index (χ1) is 8.02. The van der Waals surface area contributed by atoms with E-state index in [1.54, 1.807) is 7.11 Å². The number of ether oxygens (including phenoxy) is 2. The molecule has 0 saturated carbocycles. The van der Waals surface area contributed by atoms with Crippen LogP contribution in [0.15, 0.2) is 0 Å². The number of aliphatic carboxylic acids is 1. The zero-order valence-electron chi connectivity index (χ0n) is 10.9. The van der Waals surface area contributed by atoms with Gasteiger partial charge < -0.3 is 14.6 Å². The maximum absolute atomic E-state index is 11.4. The second-order valence-electron chi connectivity index (χ2n) is 4.95. The maximum Gasteiger partial charge on any atom is 0.313 e. The molecular weight excluding hydrogens is 222 g/mol. The Bertz CT molecular complexity index is 249. The molecule has 0 aromatic heterocycles. The van der Waals surface area contributed by atoms with Gasteiger partial charge in [0.15, 0.2) is 0 Å². The van der Waals surface area contributed by atoms with Crippen molar-refractivity contribution in [3.8, 4) is 0 Å². The largest absolute Gasteiger partial charge is 0.481 e. The Labute approximate surface area is 103 Å². The molecule has 0 spiro atoms. The van der Waals surface area contributed by atoms with Crippen LogP contribution in [0.25, 0.3) is 0 Å². The van der Waals surface area contributed by atoms with Gasteiger partial charge in [-0.2, -0.15) is 0 Å². The van der Waals surface area contributed by atoms with E-state index in [2.05, 4.69) is 18.7 Å². The third-order valence-electron chi connectivity index (χ3n) is 3.38. The minimum absolute atomic E-state index is 0.307. The maximum atomic E-state index is 11.4. The highest BCUT2D eigenvalue weighted by Crippen LogP contribution is 2.30. The molecule has 5 heteroatoms. The Morgan fingerprint density at radius 1 is 1.59 bits per heavy atom. The molecule has 1 N–H and O–H groups in total. The van der Waals surface area contributed by atoms with Crippen molar-refractivity contribution in [1.82, 2.24) is 4.90 Å². The number of methoxy groups -OCH3 is 1. The van der Waals surface area contributed by atoms with Gasteiger partial charge in [0.05, 0.1) is 13.2 Å². The van der Waals surface area contributed by atoms with Crippen LogP contribution in [0.2, 0.25) is 0 Å². The standard InChI is InChI=1S/C12H23NO4/c1-10(2)13(5-7-16-3)8-12(11(14)15)4-6-17-9-12/h10H,4-9H2,1-3H3,(H,14,15). The summed E-state index contributed by atoms with van der Waals surface area (Å²) >= 11 is 0. The molecule has 0 aromatic rings. The number of carboxylic acids is 1. The Morgan fingerprint density at radius 3 is 2.71 bits per heavy atom. The van der Waals surface area contributed by atoms with Crippen molar-refractivity contribution in [3.63, 3.8) is 0 Å². The van der Waals surface area contributed by atoms with Gasteiger partial charge in [-0.25, -0.2) is 0 Å². The molecule has 1 aliphatic rings. The van der Waals surface area contributed by atoms with Crippen LogP contribution in [-0.4, -0.2) is 62.0 Å². The summed E-state index contributed by atoms with van der Waals surface area (Å²) in [4.78, 5) is 13.6. The Morgan fingerprint density at radius 2 is 2.29 bits per heavy atom. The summed E-state index contributed by atoms with van der Waals surface area (Å²) in [5, 5.41) is 9.38. The smallest absolute Gasteiger partial charge is 0.313 e. The first kappa shape index (κ1) is 14.4. The number of carboxylic acid groups (broad SMARTS) is 1. The first-order valence-electron chi connectivity index (χ1n) is 6.06. The molecule has 1 saturated heterocycles. The minimum atomic E-state index is -0.752. The van der Waals surface area contributed by atoms with E-state index in [1.165, 1.54) is 0 Å². The highest BCUT2D eigenvalue weighted by Gasteiger charge is 2.44. The summed E-state index contributed by atoms with van der Waals surface area (Å²) in [6, 6.07) is 0.307. The van der Waals surface area contributed by atoms with Gasteiger partial charge in [-0.05, 0) is 20.3 Å². The van der Waals surface area contributed by atoms with Crippen molar-refractivity contribution in [2.24, 2.45) is 5.41 Å². The summed E-state index contributed by atoms with van der Waals surface area (Å²) in [7, 11) is 1.66. The minimum Gasteiger partial charge on any atom is -0.481 e. The fourth-order valence-electron chi connectivity index (χ4n) is 2.09. The Kier molecular flexibility index (Phi) is 5.36. The van der Waals surface area contributed by atoms with Crippen molar-refractivity contribution < 1.29 is 19.4 Å². The lowest BCUT2D eigenvalue weighted by atomic mass is 9.86. The highest BCUT2D eigenvalue weighted by molar-refractivity contribution is 5.75. The molecule has 0 aromatic carbocycles. The van der Waals surface area contributed by atoms with Gasteiger partial charge in [0.25, 0.3) is 0 Å². The van der Waals surface area contributed by atoms with Gasteiger partial charge in [-0.1, -0.05) is 0 Å². The summed E-state index contributed by atoms with van der Waals surface area (Å²) in [6.07, 6.45) is 0.596. The fourth-order valence-corrected chi connectivity index (χ4v) is 2.09. The van der Waals surface area contributed by atoms with Crippen LogP contribution >= 0.6 is 0 Å². The van der Waals surface area contributed by atoms with E-state index in [4.69, 9.17) is 9.47 Å². The van der Waals surface area contributed by atoms with E-state index in [0.29, 0.717) is 38.8 Å². The summed E-state index contributed by atoms with van der Waals surface area (Å²) in [6.45, 7) is 6.91. The van der Waals surface area contributed by atoms with E-state index in [1.807, 2.05) is 0 Å². The third kappa shape index (κ3) is 3.66. The molecule has 17 heavy (non-hydrogen) atoms. The first-order valence-corrected chi connectivity index (χ1v) is 6.06. The van der Waals surface area contributed by atoms with Crippen molar-refractivity contribution in [3.05, 3.63) is 0 Å².